The molecule has 0 aromatic rings. The highest BCUT2D eigenvalue weighted by Gasteiger charge is 2.24. The second kappa shape index (κ2) is 4.83. The molecule has 0 aromatic carbocycles. The summed E-state index contributed by atoms with van der Waals surface area (Å²) in [6.07, 6.45) is 5.62. The number of hydrogen-bond acceptors (Lipinski definition) is 2. The Morgan fingerprint density at radius 2 is 1.92 bits per heavy atom. The minimum absolute atomic E-state index is 0.446. The van der Waals surface area contributed by atoms with E-state index in [1.165, 1.54) is 25.7 Å². The summed E-state index contributed by atoms with van der Waals surface area (Å²) in [5.74, 6) is 0. The van der Waals surface area contributed by atoms with Crippen molar-refractivity contribution in [3.63, 3.8) is 0 Å². The number of ether oxygens (including phenoxy) is 1. The Morgan fingerprint density at radius 1 is 1.25 bits per heavy atom. The van der Waals surface area contributed by atoms with Crippen molar-refractivity contribution in [1.29, 1.82) is 0 Å². The van der Waals surface area contributed by atoms with Crippen molar-refractivity contribution in [3.05, 3.63) is 0 Å². The summed E-state index contributed by atoms with van der Waals surface area (Å²) in [6, 6.07) is 1.16. The Labute approximate surface area is 75.7 Å². The molecule has 0 unspecified atom stereocenters. The molecule has 0 spiro atoms. The first-order chi connectivity index (χ1) is 5.74. The fourth-order valence-electron chi connectivity index (χ4n) is 2.00. The van der Waals surface area contributed by atoms with Crippen LogP contribution < -0.4 is 5.32 Å². The first kappa shape index (κ1) is 10.0. The van der Waals surface area contributed by atoms with Gasteiger partial charge < -0.3 is 10.1 Å². The van der Waals surface area contributed by atoms with Gasteiger partial charge in [0.15, 0.2) is 0 Å². The summed E-state index contributed by atoms with van der Waals surface area (Å²) in [4.78, 5) is 0. The van der Waals surface area contributed by atoms with Crippen LogP contribution in [0.25, 0.3) is 0 Å². The summed E-state index contributed by atoms with van der Waals surface area (Å²) < 4.78 is 5.44. The average molecular weight is 171 g/mol. The van der Waals surface area contributed by atoms with Gasteiger partial charge in [-0.05, 0) is 12.8 Å². The minimum Gasteiger partial charge on any atom is -0.380 e. The van der Waals surface area contributed by atoms with Crippen LogP contribution in [0.2, 0.25) is 0 Å². The Morgan fingerprint density at radius 3 is 2.50 bits per heavy atom. The Kier molecular flexibility index (Phi) is 4.02. The smallest absolute Gasteiger partial charge is 0.0724 e. The van der Waals surface area contributed by atoms with Crippen molar-refractivity contribution in [2.45, 2.75) is 57.7 Å². The molecule has 1 N–H and O–H groups in total. The lowest BCUT2D eigenvalue weighted by atomic mass is 9.92. The van der Waals surface area contributed by atoms with Crippen LogP contribution in [0.1, 0.15) is 39.5 Å². The van der Waals surface area contributed by atoms with E-state index < -0.39 is 0 Å². The van der Waals surface area contributed by atoms with E-state index in [4.69, 9.17) is 4.74 Å². The molecule has 12 heavy (non-hydrogen) atoms. The molecule has 0 amide bonds. The van der Waals surface area contributed by atoms with E-state index >= 15 is 0 Å². The zero-order chi connectivity index (χ0) is 8.97. The van der Waals surface area contributed by atoms with Gasteiger partial charge in [0.2, 0.25) is 0 Å². The van der Waals surface area contributed by atoms with Crippen molar-refractivity contribution < 1.29 is 4.74 Å². The molecule has 1 saturated carbocycles. The van der Waals surface area contributed by atoms with Crippen molar-refractivity contribution >= 4 is 0 Å². The summed E-state index contributed by atoms with van der Waals surface area (Å²) >= 11 is 0. The van der Waals surface area contributed by atoms with E-state index in [1.54, 1.807) is 0 Å². The largest absolute Gasteiger partial charge is 0.380 e. The topological polar surface area (TPSA) is 21.3 Å². The molecule has 1 fully saturated rings. The summed E-state index contributed by atoms with van der Waals surface area (Å²) in [6.45, 7) is 4.39. The van der Waals surface area contributed by atoms with Crippen molar-refractivity contribution in [1.82, 2.24) is 5.32 Å². The predicted molar refractivity (Wildman–Crippen MR) is 51.3 cm³/mol. The van der Waals surface area contributed by atoms with Crippen LogP contribution in [0, 0.1) is 0 Å². The van der Waals surface area contributed by atoms with E-state index in [0.29, 0.717) is 18.2 Å². The van der Waals surface area contributed by atoms with Gasteiger partial charge >= 0.3 is 0 Å². The molecule has 1 rings (SSSR count). The molecule has 2 atom stereocenters. The predicted octanol–water partition coefficient (Wildman–Crippen LogP) is 1.94. The molecule has 72 valence electrons. The second-order valence-corrected chi connectivity index (χ2v) is 3.99. The third-order valence-corrected chi connectivity index (χ3v) is 2.55. The van der Waals surface area contributed by atoms with Crippen LogP contribution >= 0.6 is 0 Å². The average Bonchev–Trinajstić information content (AvgIpc) is 2.04. The highest BCUT2D eigenvalue weighted by Crippen LogP contribution is 2.20. The maximum atomic E-state index is 5.44. The van der Waals surface area contributed by atoms with Gasteiger partial charge in [0.05, 0.1) is 6.10 Å². The molecule has 0 heterocycles. The monoisotopic (exact) mass is 171 g/mol. The Hall–Kier alpha value is -0.0800. The molecular weight excluding hydrogens is 150 g/mol. The van der Waals surface area contributed by atoms with Gasteiger partial charge in [0.1, 0.15) is 0 Å². The summed E-state index contributed by atoms with van der Waals surface area (Å²) in [5, 5.41) is 3.56. The normalized spacial score (nSPS) is 31.0. The lowest BCUT2D eigenvalue weighted by molar-refractivity contribution is 0.0392. The number of methoxy groups -OCH3 is 1. The van der Waals surface area contributed by atoms with Crippen molar-refractivity contribution in [3.8, 4) is 0 Å². The standard InChI is InChI=1S/C10H21NO/c1-8(2)11-9-6-4-5-7-10(9)12-3/h8-11H,4-7H2,1-3H3/t9-,10-/m0/s1. The third-order valence-electron chi connectivity index (χ3n) is 2.55. The highest BCUT2D eigenvalue weighted by atomic mass is 16.5. The van der Waals surface area contributed by atoms with E-state index in [1.807, 2.05) is 7.11 Å². The molecule has 1 aliphatic carbocycles. The van der Waals surface area contributed by atoms with Gasteiger partial charge in [-0.3, -0.25) is 0 Å². The zero-order valence-corrected chi connectivity index (χ0v) is 8.47. The Balaban J connectivity index is 2.36. The lowest BCUT2D eigenvalue weighted by Crippen LogP contribution is -2.45. The van der Waals surface area contributed by atoms with Gasteiger partial charge in [-0.15, -0.1) is 0 Å². The fourth-order valence-corrected chi connectivity index (χ4v) is 2.00. The van der Waals surface area contributed by atoms with Crippen LogP contribution in [0.5, 0.6) is 0 Å². The Bertz CT molecular complexity index is 125. The highest BCUT2D eigenvalue weighted by molar-refractivity contribution is 4.82. The maximum Gasteiger partial charge on any atom is 0.0724 e. The first-order valence-electron chi connectivity index (χ1n) is 5.03. The molecule has 0 saturated heterocycles. The van der Waals surface area contributed by atoms with Crippen LogP contribution in [0.15, 0.2) is 0 Å². The zero-order valence-electron chi connectivity index (χ0n) is 8.47. The van der Waals surface area contributed by atoms with Crippen LogP contribution in [0.4, 0.5) is 0 Å². The quantitative estimate of drug-likeness (QED) is 0.700. The maximum absolute atomic E-state index is 5.44. The molecule has 1 aliphatic rings. The minimum atomic E-state index is 0.446. The number of rotatable bonds is 3. The SMILES string of the molecule is CO[C@H]1CCCC[C@@H]1NC(C)C. The second-order valence-electron chi connectivity index (χ2n) is 3.99. The van der Waals surface area contributed by atoms with Crippen molar-refractivity contribution in [2.24, 2.45) is 0 Å². The molecule has 0 bridgehead atoms. The molecule has 0 aliphatic heterocycles. The van der Waals surface area contributed by atoms with E-state index in [-0.39, 0.29) is 0 Å². The third kappa shape index (κ3) is 2.76. The summed E-state index contributed by atoms with van der Waals surface area (Å²) in [5.41, 5.74) is 0. The lowest BCUT2D eigenvalue weighted by Gasteiger charge is -2.32. The first-order valence-corrected chi connectivity index (χ1v) is 5.03. The fraction of sp³-hybridized carbons (Fsp3) is 1.00. The van der Waals surface area contributed by atoms with Gasteiger partial charge in [0, 0.05) is 19.2 Å². The van der Waals surface area contributed by atoms with Gasteiger partial charge in [-0.25, -0.2) is 0 Å². The van der Waals surface area contributed by atoms with Gasteiger partial charge in [-0.2, -0.15) is 0 Å². The van der Waals surface area contributed by atoms with Gasteiger partial charge in [-0.1, -0.05) is 26.7 Å². The number of nitrogens with one attached hydrogen (secondary N) is 1. The van der Waals surface area contributed by atoms with Crippen molar-refractivity contribution in [2.75, 3.05) is 7.11 Å². The van der Waals surface area contributed by atoms with Crippen LogP contribution in [0.3, 0.4) is 0 Å². The van der Waals surface area contributed by atoms with Crippen LogP contribution in [-0.2, 0) is 4.74 Å². The van der Waals surface area contributed by atoms with E-state index in [0.717, 1.165) is 0 Å². The van der Waals surface area contributed by atoms with Gasteiger partial charge in [0.25, 0.3) is 0 Å². The molecule has 0 radical (unpaired) electrons. The van der Waals surface area contributed by atoms with E-state index in [2.05, 4.69) is 19.2 Å². The van der Waals surface area contributed by atoms with Crippen LogP contribution in [-0.4, -0.2) is 25.3 Å². The van der Waals surface area contributed by atoms with E-state index in [9.17, 15) is 0 Å². The molecular formula is C10H21NO. The summed E-state index contributed by atoms with van der Waals surface area (Å²) in [7, 11) is 1.82. The molecule has 2 nitrogen and oxygen atoms in total. The number of hydrogen-bond donors (Lipinski definition) is 1. The molecule has 2 heteroatoms. The molecule has 0 aromatic heterocycles.